The monoisotopic (exact) mass is 423 g/mol. The fourth-order valence-electron chi connectivity index (χ4n) is 4.44. The lowest BCUT2D eigenvalue weighted by Gasteiger charge is -2.31. The van der Waals surface area contributed by atoms with Crippen LogP contribution in [0.1, 0.15) is 42.1 Å². The first kappa shape index (κ1) is 19.3. The first-order valence-electron chi connectivity index (χ1n) is 10.1. The molecular formula is C22H25N5O2S. The lowest BCUT2D eigenvalue weighted by atomic mass is 9.95. The third-order valence-corrected chi connectivity index (χ3v) is 6.30. The summed E-state index contributed by atoms with van der Waals surface area (Å²) >= 11 is 1.42. The molecule has 3 aromatic rings. The Morgan fingerprint density at radius 1 is 1.37 bits per heavy atom. The van der Waals surface area contributed by atoms with Crippen LogP contribution in [0.4, 0.5) is 5.13 Å². The highest BCUT2D eigenvalue weighted by Gasteiger charge is 2.34. The summed E-state index contributed by atoms with van der Waals surface area (Å²) in [5.41, 5.74) is 4.33. The summed E-state index contributed by atoms with van der Waals surface area (Å²) < 4.78 is 7.80. The summed E-state index contributed by atoms with van der Waals surface area (Å²) in [5, 5.41) is 10.0. The Bertz CT molecular complexity index is 1090. The molecule has 1 aromatic carbocycles. The van der Waals surface area contributed by atoms with E-state index in [1.165, 1.54) is 22.5 Å². The summed E-state index contributed by atoms with van der Waals surface area (Å²) in [6, 6.07) is 6.45. The average molecular weight is 424 g/mol. The highest BCUT2D eigenvalue weighted by atomic mass is 32.1. The molecule has 1 atom stereocenters. The quantitative estimate of drug-likeness (QED) is 0.697. The van der Waals surface area contributed by atoms with Crippen molar-refractivity contribution in [1.82, 2.24) is 19.7 Å². The smallest absolute Gasteiger partial charge is 0.236 e. The molecule has 0 radical (unpaired) electrons. The fourth-order valence-corrected chi connectivity index (χ4v) is 4.98. The largest absolute Gasteiger partial charge is 0.487 e. The van der Waals surface area contributed by atoms with E-state index in [1.54, 1.807) is 10.9 Å². The van der Waals surface area contributed by atoms with Gasteiger partial charge in [0.15, 0.2) is 5.13 Å². The first-order chi connectivity index (χ1) is 14.4. The number of aryl methyl sites for hydroxylation is 1. The van der Waals surface area contributed by atoms with Gasteiger partial charge in [-0.15, -0.1) is 11.3 Å². The maximum absolute atomic E-state index is 13.0. The van der Waals surface area contributed by atoms with E-state index >= 15 is 0 Å². The second-order valence-corrected chi connectivity index (χ2v) is 9.64. The average Bonchev–Trinajstić information content (AvgIpc) is 3.37. The Morgan fingerprint density at radius 2 is 2.23 bits per heavy atom. The van der Waals surface area contributed by atoms with Gasteiger partial charge in [-0.25, -0.2) is 4.98 Å². The van der Waals surface area contributed by atoms with Crippen LogP contribution < -0.4 is 10.1 Å². The van der Waals surface area contributed by atoms with Gasteiger partial charge in [0.2, 0.25) is 5.91 Å². The van der Waals surface area contributed by atoms with Gasteiger partial charge in [0.05, 0.1) is 11.6 Å². The number of aromatic nitrogens is 3. The molecule has 0 saturated heterocycles. The van der Waals surface area contributed by atoms with Crippen molar-refractivity contribution in [2.24, 2.45) is 7.05 Å². The lowest BCUT2D eigenvalue weighted by molar-refractivity contribution is -0.118. The van der Waals surface area contributed by atoms with Gasteiger partial charge < -0.3 is 10.1 Å². The minimum atomic E-state index is -0.324. The van der Waals surface area contributed by atoms with Crippen molar-refractivity contribution in [3.8, 4) is 5.75 Å². The molecule has 7 nitrogen and oxygen atoms in total. The number of ether oxygens (including phenoxy) is 1. The molecule has 2 aliphatic rings. The molecule has 4 heterocycles. The van der Waals surface area contributed by atoms with Crippen LogP contribution in [-0.4, -0.2) is 37.7 Å². The number of nitrogens with one attached hydrogen (secondary N) is 1. The van der Waals surface area contributed by atoms with Crippen LogP contribution in [0.15, 0.2) is 36.0 Å². The van der Waals surface area contributed by atoms with Gasteiger partial charge in [-0.1, -0.05) is 12.1 Å². The summed E-state index contributed by atoms with van der Waals surface area (Å²) in [7, 11) is 1.90. The third-order valence-electron chi connectivity index (χ3n) is 5.61. The number of rotatable bonds is 4. The highest BCUT2D eigenvalue weighted by Crippen LogP contribution is 2.36. The molecule has 0 aliphatic carbocycles. The van der Waals surface area contributed by atoms with E-state index in [0.717, 1.165) is 36.5 Å². The zero-order valence-electron chi connectivity index (χ0n) is 17.4. The zero-order valence-corrected chi connectivity index (χ0v) is 18.2. The Balaban J connectivity index is 1.36. The highest BCUT2D eigenvalue weighted by molar-refractivity contribution is 7.13. The van der Waals surface area contributed by atoms with Gasteiger partial charge in [0, 0.05) is 56.4 Å². The summed E-state index contributed by atoms with van der Waals surface area (Å²) in [6.07, 6.45) is 4.63. The van der Waals surface area contributed by atoms with Crippen LogP contribution in [0.2, 0.25) is 0 Å². The van der Waals surface area contributed by atoms with Crippen LogP contribution in [0.25, 0.3) is 0 Å². The van der Waals surface area contributed by atoms with Crippen molar-refractivity contribution in [1.29, 1.82) is 0 Å². The van der Waals surface area contributed by atoms with Gasteiger partial charge in [-0.3, -0.25) is 14.4 Å². The van der Waals surface area contributed by atoms with E-state index in [4.69, 9.17) is 4.74 Å². The van der Waals surface area contributed by atoms with Crippen molar-refractivity contribution in [3.05, 3.63) is 58.4 Å². The van der Waals surface area contributed by atoms with Crippen molar-refractivity contribution < 1.29 is 9.53 Å². The second-order valence-electron chi connectivity index (χ2n) is 8.74. The predicted molar refractivity (Wildman–Crippen MR) is 116 cm³/mol. The molecule has 0 saturated carbocycles. The van der Waals surface area contributed by atoms with Crippen LogP contribution in [0.5, 0.6) is 5.75 Å². The first-order valence-corrected chi connectivity index (χ1v) is 11.0. The standard InChI is InChI=1S/C22H25N5O2S/c1-22(2)9-15-8-14(4-5-18(15)29-22)10-27-12-16-11-26(3)25-19(16)17(13-27)20(28)24-21-23-6-7-30-21/h4-8,11,17H,9-10,12-13H2,1-3H3,(H,23,24,28)/t17-/m0/s1. The van der Waals surface area contributed by atoms with Crippen LogP contribution in [-0.2, 0) is 31.4 Å². The fraction of sp³-hybridized carbons (Fsp3) is 0.409. The van der Waals surface area contributed by atoms with Crippen molar-refractivity contribution in [3.63, 3.8) is 0 Å². The number of thiazole rings is 1. The van der Waals surface area contributed by atoms with Crippen molar-refractivity contribution in [2.45, 2.75) is 44.9 Å². The molecule has 156 valence electrons. The molecular weight excluding hydrogens is 398 g/mol. The second kappa shape index (κ2) is 7.21. The molecule has 2 aliphatic heterocycles. The molecule has 2 aromatic heterocycles. The van der Waals surface area contributed by atoms with Gasteiger partial charge in [-0.05, 0) is 31.0 Å². The minimum absolute atomic E-state index is 0.0568. The maximum Gasteiger partial charge on any atom is 0.236 e. The SMILES string of the molecule is Cn1cc2c(n1)[C@@H](C(=O)Nc1nccs1)CN(Cc1ccc3c(c1)CC(C)(C)O3)C2. The summed E-state index contributed by atoms with van der Waals surface area (Å²) in [6.45, 7) is 6.42. The molecule has 0 bridgehead atoms. The summed E-state index contributed by atoms with van der Waals surface area (Å²) in [4.78, 5) is 19.5. The molecule has 5 rings (SSSR count). The predicted octanol–water partition coefficient (Wildman–Crippen LogP) is 3.33. The Hall–Kier alpha value is -2.71. The molecule has 30 heavy (non-hydrogen) atoms. The lowest BCUT2D eigenvalue weighted by Crippen LogP contribution is -2.38. The minimum Gasteiger partial charge on any atom is -0.487 e. The number of hydrogen-bond acceptors (Lipinski definition) is 6. The number of carbonyl (C=O) groups excluding carboxylic acids is 1. The van der Waals surface area contributed by atoms with Crippen molar-refractivity contribution in [2.75, 3.05) is 11.9 Å². The number of nitrogens with zero attached hydrogens (tertiary/aromatic N) is 4. The van der Waals surface area contributed by atoms with E-state index in [2.05, 4.69) is 52.3 Å². The number of benzene rings is 1. The Morgan fingerprint density at radius 3 is 3.03 bits per heavy atom. The van der Waals surface area contributed by atoms with E-state index in [9.17, 15) is 4.79 Å². The molecule has 0 fully saturated rings. The van der Waals surface area contributed by atoms with E-state index in [-0.39, 0.29) is 17.4 Å². The Kier molecular flexibility index (Phi) is 4.63. The Labute approximate surface area is 179 Å². The number of hydrogen-bond donors (Lipinski definition) is 1. The molecule has 0 unspecified atom stereocenters. The van der Waals surface area contributed by atoms with Gasteiger partial charge in [0.25, 0.3) is 0 Å². The van der Waals surface area contributed by atoms with Gasteiger partial charge >= 0.3 is 0 Å². The number of fused-ring (bicyclic) bond motifs is 2. The summed E-state index contributed by atoms with van der Waals surface area (Å²) in [5.74, 6) is 0.604. The molecule has 1 N–H and O–H groups in total. The van der Waals surface area contributed by atoms with Crippen LogP contribution in [0.3, 0.4) is 0 Å². The molecule has 1 amide bonds. The number of carbonyl (C=O) groups is 1. The van der Waals surface area contributed by atoms with Gasteiger partial charge in [0.1, 0.15) is 11.4 Å². The van der Waals surface area contributed by atoms with E-state index in [1.807, 2.05) is 18.6 Å². The normalized spacial score (nSPS) is 19.8. The van der Waals surface area contributed by atoms with E-state index < -0.39 is 0 Å². The van der Waals surface area contributed by atoms with Crippen LogP contribution in [0, 0.1) is 0 Å². The zero-order chi connectivity index (χ0) is 20.9. The topological polar surface area (TPSA) is 72.3 Å². The molecule has 8 heteroatoms. The van der Waals surface area contributed by atoms with Gasteiger partial charge in [-0.2, -0.15) is 5.10 Å². The third kappa shape index (κ3) is 3.73. The number of amides is 1. The van der Waals surface area contributed by atoms with Crippen LogP contribution >= 0.6 is 11.3 Å². The van der Waals surface area contributed by atoms with E-state index in [0.29, 0.717) is 11.7 Å². The number of anilines is 1. The van der Waals surface area contributed by atoms with Crippen molar-refractivity contribution >= 4 is 22.4 Å². The molecule has 0 spiro atoms. The maximum atomic E-state index is 13.0.